The van der Waals surface area contributed by atoms with Crippen molar-refractivity contribution in [3.05, 3.63) is 54.4 Å². The second-order valence-electron chi connectivity index (χ2n) is 6.48. The Morgan fingerprint density at radius 1 is 1.11 bits per heavy atom. The monoisotopic (exact) mass is 366 g/mol. The lowest BCUT2D eigenvalue weighted by atomic mass is 10.1. The summed E-state index contributed by atoms with van der Waals surface area (Å²) in [7, 11) is 1.89. The average molecular weight is 366 g/mol. The maximum Gasteiger partial charge on any atom is 0.180 e. The Labute approximate surface area is 159 Å². The highest BCUT2D eigenvalue weighted by molar-refractivity contribution is 6.02. The molecule has 5 aromatic heterocycles. The van der Waals surface area contributed by atoms with Crippen molar-refractivity contribution in [3.8, 4) is 28.8 Å². The predicted octanol–water partition coefficient (Wildman–Crippen LogP) is 3.15. The van der Waals surface area contributed by atoms with Crippen molar-refractivity contribution in [1.29, 1.82) is 5.26 Å². The number of rotatable bonds is 2. The molecule has 5 heterocycles. The molecule has 0 aromatic carbocycles. The molecule has 0 spiro atoms. The molecule has 1 N–H and O–H groups in total. The van der Waals surface area contributed by atoms with E-state index in [2.05, 4.69) is 31.0 Å². The van der Waals surface area contributed by atoms with Gasteiger partial charge in [0.15, 0.2) is 17.2 Å². The second-order valence-corrected chi connectivity index (χ2v) is 6.48. The first kappa shape index (κ1) is 16.1. The van der Waals surface area contributed by atoms with Crippen LogP contribution in [0.5, 0.6) is 0 Å². The second kappa shape index (κ2) is 5.96. The third kappa shape index (κ3) is 2.34. The van der Waals surface area contributed by atoms with E-state index in [0.717, 1.165) is 22.2 Å². The number of nitrogens with zero attached hydrogens (tertiary/aromatic N) is 7. The number of aryl methyl sites for hydroxylation is 2. The van der Waals surface area contributed by atoms with E-state index in [0.29, 0.717) is 34.1 Å². The highest BCUT2D eigenvalue weighted by atomic mass is 15.0. The van der Waals surface area contributed by atoms with Gasteiger partial charge in [0.2, 0.25) is 0 Å². The lowest BCUT2D eigenvalue weighted by Crippen LogP contribution is -1.97. The Balaban J connectivity index is 1.84. The average Bonchev–Trinajstić information content (AvgIpc) is 3.32. The number of nitrogens with one attached hydrogen (secondary N) is 1. The van der Waals surface area contributed by atoms with Crippen LogP contribution in [0.3, 0.4) is 0 Å². The Morgan fingerprint density at radius 2 is 2.00 bits per heavy atom. The number of hydrogen-bond donors (Lipinski definition) is 1. The minimum atomic E-state index is 0.374. The zero-order valence-corrected chi connectivity index (χ0v) is 15.2. The maximum atomic E-state index is 9.42. The van der Waals surface area contributed by atoms with Gasteiger partial charge in [0.1, 0.15) is 23.0 Å². The highest BCUT2D eigenvalue weighted by Crippen LogP contribution is 2.34. The van der Waals surface area contributed by atoms with Crippen LogP contribution in [-0.2, 0) is 7.05 Å². The Morgan fingerprint density at radius 3 is 2.82 bits per heavy atom. The number of imidazole rings is 1. The molecule has 5 rings (SSSR count). The smallest absolute Gasteiger partial charge is 0.180 e. The van der Waals surface area contributed by atoms with Crippen molar-refractivity contribution in [2.45, 2.75) is 6.92 Å². The van der Waals surface area contributed by atoms with Gasteiger partial charge in [0.25, 0.3) is 0 Å². The van der Waals surface area contributed by atoms with Gasteiger partial charge in [-0.3, -0.25) is 0 Å². The molecule has 0 radical (unpaired) electrons. The van der Waals surface area contributed by atoms with E-state index >= 15 is 0 Å². The number of aromatic nitrogens is 7. The fraction of sp³-hybridized carbons (Fsp3) is 0.100. The van der Waals surface area contributed by atoms with Crippen LogP contribution in [0.25, 0.3) is 44.8 Å². The van der Waals surface area contributed by atoms with Crippen molar-refractivity contribution in [3.63, 3.8) is 0 Å². The molecule has 5 aromatic rings. The van der Waals surface area contributed by atoms with Gasteiger partial charge in [-0.2, -0.15) is 5.26 Å². The molecule has 8 nitrogen and oxygen atoms in total. The summed E-state index contributed by atoms with van der Waals surface area (Å²) >= 11 is 0. The summed E-state index contributed by atoms with van der Waals surface area (Å²) < 4.78 is 1.89. The zero-order chi connectivity index (χ0) is 19.3. The first-order chi connectivity index (χ1) is 13.7. The molecule has 0 aliphatic carbocycles. The van der Waals surface area contributed by atoms with Crippen LogP contribution in [0, 0.1) is 18.3 Å². The normalized spacial score (nSPS) is 11.2. The molecule has 0 unspecified atom stereocenters. The number of hydrogen-bond acceptors (Lipinski definition) is 6. The summed E-state index contributed by atoms with van der Waals surface area (Å²) in [6, 6.07) is 9.79. The summed E-state index contributed by atoms with van der Waals surface area (Å²) in [6.07, 6.45) is 5.18. The van der Waals surface area contributed by atoms with Crippen LogP contribution in [-0.4, -0.2) is 34.5 Å². The molecule has 0 aliphatic rings. The van der Waals surface area contributed by atoms with Crippen LogP contribution in [0.4, 0.5) is 0 Å². The van der Waals surface area contributed by atoms with Crippen molar-refractivity contribution in [1.82, 2.24) is 34.5 Å². The molecule has 0 bridgehead atoms. The molecule has 8 heteroatoms. The van der Waals surface area contributed by atoms with Crippen molar-refractivity contribution in [2.75, 3.05) is 0 Å². The number of fused-ring (bicyclic) bond motifs is 2. The Bertz CT molecular complexity index is 1400. The molecule has 134 valence electrons. The van der Waals surface area contributed by atoms with E-state index in [4.69, 9.17) is 4.98 Å². The third-order valence-electron chi connectivity index (χ3n) is 4.65. The van der Waals surface area contributed by atoms with Crippen LogP contribution in [0.2, 0.25) is 0 Å². The van der Waals surface area contributed by atoms with Gasteiger partial charge < -0.3 is 9.55 Å². The maximum absolute atomic E-state index is 9.42. The molecular weight excluding hydrogens is 352 g/mol. The van der Waals surface area contributed by atoms with Gasteiger partial charge in [0, 0.05) is 36.1 Å². The van der Waals surface area contributed by atoms with Crippen molar-refractivity contribution in [2.24, 2.45) is 7.05 Å². The Hall–Kier alpha value is -4.12. The molecule has 0 aliphatic heterocycles. The fourth-order valence-electron chi connectivity index (χ4n) is 3.43. The number of H-pyrrole nitrogens is 1. The Kier molecular flexibility index (Phi) is 3.42. The first-order valence-corrected chi connectivity index (χ1v) is 8.65. The van der Waals surface area contributed by atoms with Gasteiger partial charge >= 0.3 is 0 Å². The molecule has 0 saturated heterocycles. The van der Waals surface area contributed by atoms with Crippen LogP contribution >= 0.6 is 0 Å². The lowest BCUT2D eigenvalue weighted by molar-refractivity contribution is 0.962. The molecule has 0 amide bonds. The summed E-state index contributed by atoms with van der Waals surface area (Å²) in [5.74, 6) is 0.516. The summed E-state index contributed by atoms with van der Waals surface area (Å²) in [6.45, 7) is 1.93. The van der Waals surface area contributed by atoms with E-state index in [9.17, 15) is 5.26 Å². The highest BCUT2D eigenvalue weighted by Gasteiger charge is 2.19. The van der Waals surface area contributed by atoms with Crippen LogP contribution in [0.15, 0.2) is 43.0 Å². The molecule has 0 atom stereocenters. The summed E-state index contributed by atoms with van der Waals surface area (Å²) in [4.78, 5) is 25.6. The van der Waals surface area contributed by atoms with E-state index in [1.165, 1.54) is 0 Å². The molecular formula is C20H14N8. The third-order valence-corrected chi connectivity index (χ3v) is 4.65. The number of nitriles is 1. The van der Waals surface area contributed by atoms with E-state index in [1.54, 1.807) is 12.5 Å². The SMILES string of the molecule is Cc1cccc(-c2nc(-c3cn(C)c4c(C#N)nccc34)c3nc[nH]c3n2)n1. The minimum absolute atomic E-state index is 0.374. The van der Waals surface area contributed by atoms with Gasteiger partial charge in [-0.05, 0) is 25.1 Å². The molecule has 0 fully saturated rings. The van der Waals surface area contributed by atoms with Gasteiger partial charge in [-0.15, -0.1) is 0 Å². The van der Waals surface area contributed by atoms with Crippen molar-refractivity contribution < 1.29 is 0 Å². The standard InChI is InChI=1S/C20H14N8/c1-11-4-3-5-14(25-11)19-26-16(17-20(27-19)24-10-23-17)13-9-28(2)18-12(13)6-7-22-15(18)8-21/h3-7,9-10H,1-2H3,(H,23,24,26,27). The van der Waals surface area contributed by atoms with Gasteiger partial charge in [-0.1, -0.05) is 6.07 Å². The molecule has 0 saturated carbocycles. The molecule has 28 heavy (non-hydrogen) atoms. The summed E-state index contributed by atoms with van der Waals surface area (Å²) in [5, 5.41) is 10.3. The minimum Gasteiger partial charge on any atom is -0.347 e. The topological polar surface area (TPSA) is 109 Å². The predicted molar refractivity (Wildman–Crippen MR) is 104 cm³/mol. The first-order valence-electron chi connectivity index (χ1n) is 8.65. The van der Waals surface area contributed by atoms with E-state index in [1.807, 2.05) is 49.0 Å². The van der Waals surface area contributed by atoms with Gasteiger partial charge in [-0.25, -0.2) is 24.9 Å². The van der Waals surface area contributed by atoms with E-state index in [-0.39, 0.29) is 0 Å². The number of pyridine rings is 2. The number of aromatic amines is 1. The zero-order valence-electron chi connectivity index (χ0n) is 15.2. The van der Waals surface area contributed by atoms with Crippen molar-refractivity contribution >= 4 is 22.1 Å². The van der Waals surface area contributed by atoms with Crippen LogP contribution < -0.4 is 0 Å². The lowest BCUT2D eigenvalue weighted by Gasteiger charge is -2.05. The summed E-state index contributed by atoms with van der Waals surface area (Å²) in [5.41, 5.74) is 5.57. The quantitative estimate of drug-likeness (QED) is 0.514. The fourth-order valence-corrected chi connectivity index (χ4v) is 3.43. The van der Waals surface area contributed by atoms with E-state index < -0.39 is 0 Å². The largest absolute Gasteiger partial charge is 0.347 e. The van der Waals surface area contributed by atoms with Crippen LogP contribution in [0.1, 0.15) is 11.4 Å². The van der Waals surface area contributed by atoms with Gasteiger partial charge in [0.05, 0.1) is 11.8 Å².